The van der Waals surface area contributed by atoms with Gasteiger partial charge in [0.2, 0.25) is 5.91 Å². The van der Waals surface area contributed by atoms with Crippen molar-refractivity contribution >= 4 is 17.7 Å². The first-order valence-corrected chi connectivity index (χ1v) is 6.11. The van der Waals surface area contributed by atoms with Crippen molar-refractivity contribution in [3.8, 4) is 0 Å². The van der Waals surface area contributed by atoms with Crippen LogP contribution in [-0.4, -0.2) is 24.0 Å². The van der Waals surface area contributed by atoms with Crippen molar-refractivity contribution in [1.82, 2.24) is 5.32 Å². The van der Waals surface area contributed by atoms with Gasteiger partial charge in [-0.3, -0.25) is 4.79 Å². The summed E-state index contributed by atoms with van der Waals surface area (Å²) in [4.78, 5) is 11.6. The van der Waals surface area contributed by atoms with E-state index in [9.17, 15) is 4.79 Å². The third-order valence-electron chi connectivity index (χ3n) is 1.88. The molecule has 0 rings (SSSR count). The molecule has 13 heavy (non-hydrogen) atoms. The van der Waals surface area contributed by atoms with Crippen molar-refractivity contribution in [3.63, 3.8) is 0 Å². The summed E-state index contributed by atoms with van der Waals surface area (Å²) >= 11 is 1.77. The molecule has 1 unspecified atom stereocenters. The molecule has 0 spiro atoms. The molecule has 0 aliphatic heterocycles. The Labute approximate surface area is 85.9 Å². The molecule has 0 saturated heterocycles. The van der Waals surface area contributed by atoms with Crippen LogP contribution in [0.15, 0.2) is 0 Å². The fraction of sp³-hybridized carbons (Fsp3) is 0.900. The van der Waals surface area contributed by atoms with Gasteiger partial charge in [0.25, 0.3) is 0 Å². The van der Waals surface area contributed by atoms with Crippen LogP contribution < -0.4 is 5.32 Å². The number of carbonyl (C=O) groups is 1. The van der Waals surface area contributed by atoms with Gasteiger partial charge in [-0.1, -0.05) is 27.7 Å². The molecule has 1 atom stereocenters. The lowest BCUT2D eigenvalue weighted by Crippen LogP contribution is -2.42. The van der Waals surface area contributed by atoms with Crippen LogP contribution in [-0.2, 0) is 4.79 Å². The molecule has 0 aromatic heterocycles. The fourth-order valence-corrected chi connectivity index (χ4v) is 1.59. The van der Waals surface area contributed by atoms with Crippen LogP contribution in [0.1, 0.15) is 34.1 Å². The summed E-state index contributed by atoms with van der Waals surface area (Å²) in [6.45, 7) is 7.92. The van der Waals surface area contributed by atoms with E-state index in [1.54, 1.807) is 11.8 Å². The number of amides is 1. The molecule has 1 amide bonds. The van der Waals surface area contributed by atoms with Crippen molar-refractivity contribution in [2.24, 2.45) is 5.41 Å². The lowest BCUT2D eigenvalue weighted by atomic mass is 9.95. The van der Waals surface area contributed by atoms with Crippen LogP contribution in [0.2, 0.25) is 0 Å². The van der Waals surface area contributed by atoms with Gasteiger partial charge in [-0.2, -0.15) is 11.8 Å². The summed E-state index contributed by atoms with van der Waals surface area (Å²) in [7, 11) is 0. The Morgan fingerprint density at radius 3 is 2.31 bits per heavy atom. The van der Waals surface area contributed by atoms with Gasteiger partial charge < -0.3 is 5.32 Å². The first-order valence-electron chi connectivity index (χ1n) is 4.71. The molecule has 0 bridgehead atoms. The van der Waals surface area contributed by atoms with Gasteiger partial charge in [0.05, 0.1) is 0 Å². The SMILES string of the molecule is CCC(CSC)NC(=O)C(C)(C)C. The Morgan fingerprint density at radius 2 is 2.00 bits per heavy atom. The van der Waals surface area contributed by atoms with Gasteiger partial charge in [-0.25, -0.2) is 0 Å². The van der Waals surface area contributed by atoms with Crippen molar-refractivity contribution in [1.29, 1.82) is 0 Å². The van der Waals surface area contributed by atoms with E-state index in [0.717, 1.165) is 12.2 Å². The zero-order valence-electron chi connectivity index (χ0n) is 9.31. The minimum Gasteiger partial charge on any atom is -0.352 e. The molecule has 0 aromatic rings. The minimum absolute atomic E-state index is 0.147. The zero-order valence-corrected chi connectivity index (χ0v) is 10.1. The van der Waals surface area contributed by atoms with E-state index < -0.39 is 0 Å². The summed E-state index contributed by atoms with van der Waals surface area (Å²) in [6, 6.07) is 0.321. The number of hydrogen-bond donors (Lipinski definition) is 1. The smallest absolute Gasteiger partial charge is 0.225 e. The normalized spacial score (nSPS) is 13.9. The Kier molecular flexibility index (Phi) is 5.45. The van der Waals surface area contributed by atoms with Crippen LogP contribution >= 0.6 is 11.8 Å². The Morgan fingerprint density at radius 1 is 1.46 bits per heavy atom. The number of nitrogens with one attached hydrogen (secondary N) is 1. The standard InChI is InChI=1S/C10H21NOS/c1-6-8(7-13-5)11-9(12)10(2,3)4/h8H,6-7H2,1-5H3,(H,11,12). The van der Waals surface area contributed by atoms with Gasteiger partial charge in [-0.15, -0.1) is 0 Å². The third-order valence-corrected chi connectivity index (χ3v) is 2.61. The molecule has 78 valence electrons. The quantitative estimate of drug-likeness (QED) is 0.759. The van der Waals surface area contributed by atoms with Gasteiger partial charge in [0.1, 0.15) is 0 Å². The van der Waals surface area contributed by atoms with Gasteiger partial charge >= 0.3 is 0 Å². The first kappa shape index (κ1) is 12.8. The van der Waals surface area contributed by atoms with E-state index in [1.807, 2.05) is 20.8 Å². The highest BCUT2D eigenvalue weighted by Crippen LogP contribution is 2.13. The topological polar surface area (TPSA) is 29.1 Å². The second-order valence-corrected chi connectivity index (χ2v) is 5.19. The summed E-state index contributed by atoms with van der Waals surface area (Å²) in [5, 5.41) is 3.05. The molecule has 0 saturated carbocycles. The van der Waals surface area contributed by atoms with Crippen LogP contribution in [0.4, 0.5) is 0 Å². The van der Waals surface area contributed by atoms with Crippen molar-refractivity contribution in [2.45, 2.75) is 40.2 Å². The Bertz CT molecular complexity index is 163. The molecule has 0 radical (unpaired) electrons. The minimum atomic E-state index is -0.272. The predicted molar refractivity (Wildman–Crippen MR) is 60.1 cm³/mol. The highest BCUT2D eigenvalue weighted by atomic mass is 32.2. The molecule has 0 heterocycles. The molecule has 0 aliphatic rings. The van der Waals surface area contributed by atoms with Crippen LogP contribution in [0.5, 0.6) is 0 Å². The second-order valence-electron chi connectivity index (χ2n) is 4.28. The highest BCUT2D eigenvalue weighted by molar-refractivity contribution is 7.98. The van der Waals surface area contributed by atoms with Crippen molar-refractivity contribution in [2.75, 3.05) is 12.0 Å². The molecule has 0 aliphatic carbocycles. The lowest BCUT2D eigenvalue weighted by Gasteiger charge is -2.22. The third kappa shape index (κ3) is 5.19. The number of carbonyl (C=O) groups excluding carboxylic acids is 1. The summed E-state index contributed by atoms with van der Waals surface area (Å²) in [6.07, 6.45) is 3.06. The predicted octanol–water partition coefficient (Wildman–Crippen LogP) is 2.29. The van der Waals surface area contributed by atoms with Gasteiger partial charge in [-0.05, 0) is 12.7 Å². The molecule has 1 N–H and O–H groups in total. The molecular weight excluding hydrogens is 182 g/mol. The molecular formula is C10H21NOS. The van der Waals surface area contributed by atoms with E-state index in [-0.39, 0.29) is 11.3 Å². The van der Waals surface area contributed by atoms with Crippen LogP contribution in [0.25, 0.3) is 0 Å². The van der Waals surface area contributed by atoms with Crippen LogP contribution in [0, 0.1) is 5.41 Å². The lowest BCUT2D eigenvalue weighted by molar-refractivity contribution is -0.129. The Balaban J connectivity index is 4.01. The van der Waals surface area contributed by atoms with E-state index in [1.165, 1.54) is 0 Å². The molecule has 3 heteroatoms. The maximum atomic E-state index is 11.6. The maximum Gasteiger partial charge on any atom is 0.225 e. The van der Waals surface area contributed by atoms with Crippen LogP contribution in [0.3, 0.4) is 0 Å². The van der Waals surface area contributed by atoms with E-state index in [2.05, 4.69) is 18.5 Å². The molecule has 0 fully saturated rings. The van der Waals surface area contributed by atoms with Gasteiger partial charge in [0.15, 0.2) is 0 Å². The molecule has 0 aromatic carbocycles. The second kappa shape index (κ2) is 5.53. The summed E-state index contributed by atoms with van der Waals surface area (Å²) in [5.74, 6) is 1.15. The number of thioether (sulfide) groups is 1. The van der Waals surface area contributed by atoms with Crippen molar-refractivity contribution < 1.29 is 4.79 Å². The molecule has 2 nitrogen and oxygen atoms in total. The largest absolute Gasteiger partial charge is 0.352 e. The highest BCUT2D eigenvalue weighted by Gasteiger charge is 2.22. The van der Waals surface area contributed by atoms with E-state index in [0.29, 0.717) is 6.04 Å². The van der Waals surface area contributed by atoms with Gasteiger partial charge in [0, 0.05) is 17.2 Å². The first-order chi connectivity index (χ1) is 5.91. The fourth-order valence-electron chi connectivity index (χ4n) is 0.865. The number of hydrogen-bond acceptors (Lipinski definition) is 2. The van der Waals surface area contributed by atoms with Crippen molar-refractivity contribution in [3.05, 3.63) is 0 Å². The zero-order chi connectivity index (χ0) is 10.5. The Hall–Kier alpha value is -0.180. The van der Waals surface area contributed by atoms with E-state index in [4.69, 9.17) is 0 Å². The monoisotopic (exact) mass is 203 g/mol. The van der Waals surface area contributed by atoms with E-state index >= 15 is 0 Å². The summed E-state index contributed by atoms with van der Waals surface area (Å²) in [5.41, 5.74) is -0.272. The average Bonchev–Trinajstić information content (AvgIpc) is 2.01. The number of rotatable bonds is 4. The summed E-state index contributed by atoms with van der Waals surface area (Å²) < 4.78 is 0. The maximum absolute atomic E-state index is 11.6. The average molecular weight is 203 g/mol.